The highest BCUT2D eigenvalue weighted by molar-refractivity contribution is 6.35. The predicted octanol–water partition coefficient (Wildman–Crippen LogP) is -1.20. The minimum atomic E-state index is -0.492. The standard InChI is InChI=1S/C8H13N3O3/c1-6(12)7(13)10-2-4-11(5-3-10)8(9)14/h2-5H2,1H3,(H2,9,14). The number of rotatable bonds is 1. The van der Waals surface area contributed by atoms with Crippen LogP contribution in [0.25, 0.3) is 0 Å². The van der Waals surface area contributed by atoms with Crippen molar-refractivity contribution in [2.24, 2.45) is 5.73 Å². The Morgan fingerprint density at radius 3 is 1.79 bits per heavy atom. The second-order valence-electron chi connectivity index (χ2n) is 3.17. The SMILES string of the molecule is CC(=O)C(=O)N1CCN(C(N)=O)CC1. The number of carbonyl (C=O) groups is 3. The van der Waals surface area contributed by atoms with Crippen molar-refractivity contribution >= 4 is 17.7 Å². The second kappa shape index (κ2) is 4.08. The molecule has 1 saturated heterocycles. The smallest absolute Gasteiger partial charge is 0.314 e. The van der Waals surface area contributed by atoms with Gasteiger partial charge in [0.05, 0.1) is 0 Å². The van der Waals surface area contributed by atoms with Crippen molar-refractivity contribution < 1.29 is 14.4 Å². The first-order valence-electron chi connectivity index (χ1n) is 4.36. The van der Waals surface area contributed by atoms with Crippen LogP contribution in [0.15, 0.2) is 0 Å². The Bertz CT molecular complexity index is 269. The van der Waals surface area contributed by atoms with Crippen LogP contribution in [0.2, 0.25) is 0 Å². The number of nitrogens with two attached hydrogens (primary N) is 1. The Morgan fingerprint density at radius 2 is 1.43 bits per heavy atom. The third-order valence-corrected chi connectivity index (χ3v) is 2.18. The average Bonchev–Trinajstić information content (AvgIpc) is 2.16. The van der Waals surface area contributed by atoms with Gasteiger partial charge < -0.3 is 15.5 Å². The minimum Gasteiger partial charge on any atom is -0.351 e. The number of piperazine rings is 1. The summed E-state index contributed by atoms with van der Waals surface area (Å²) in [5.74, 6) is -0.966. The van der Waals surface area contributed by atoms with Crippen LogP contribution in [0.1, 0.15) is 6.92 Å². The fraction of sp³-hybridized carbons (Fsp3) is 0.625. The maximum Gasteiger partial charge on any atom is 0.314 e. The maximum absolute atomic E-state index is 11.2. The fourth-order valence-corrected chi connectivity index (χ4v) is 1.35. The van der Waals surface area contributed by atoms with E-state index in [4.69, 9.17) is 5.73 Å². The number of hydrogen-bond acceptors (Lipinski definition) is 3. The molecule has 0 saturated carbocycles. The normalized spacial score (nSPS) is 16.6. The van der Waals surface area contributed by atoms with E-state index in [1.807, 2.05) is 0 Å². The number of amides is 3. The molecule has 1 rings (SSSR count). The van der Waals surface area contributed by atoms with Crippen LogP contribution in [0, 0.1) is 0 Å². The molecule has 2 N–H and O–H groups in total. The monoisotopic (exact) mass is 199 g/mol. The van der Waals surface area contributed by atoms with Gasteiger partial charge in [0.25, 0.3) is 5.91 Å². The first kappa shape index (κ1) is 10.5. The molecule has 6 nitrogen and oxygen atoms in total. The first-order valence-corrected chi connectivity index (χ1v) is 4.36. The molecule has 0 bridgehead atoms. The van der Waals surface area contributed by atoms with E-state index in [-0.39, 0.29) is 0 Å². The summed E-state index contributed by atoms with van der Waals surface area (Å²) in [6.07, 6.45) is 0. The summed E-state index contributed by atoms with van der Waals surface area (Å²) in [6.45, 7) is 2.79. The fourth-order valence-electron chi connectivity index (χ4n) is 1.35. The van der Waals surface area contributed by atoms with E-state index in [9.17, 15) is 14.4 Å². The molecule has 78 valence electrons. The van der Waals surface area contributed by atoms with Crippen LogP contribution >= 0.6 is 0 Å². The maximum atomic E-state index is 11.2. The summed E-state index contributed by atoms with van der Waals surface area (Å²) >= 11 is 0. The second-order valence-corrected chi connectivity index (χ2v) is 3.17. The van der Waals surface area contributed by atoms with Gasteiger partial charge in [0.15, 0.2) is 0 Å². The molecule has 14 heavy (non-hydrogen) atoms. The summed E-state index contributed by atoms with van der Waals surface area (Å²) in [6, 6.07) is -0.486. The van der Waals surface area contributed by atoms with E-state index >= 15 is 0 Å². The van der Waals surface area contributed by atoms with Crippen LogP contribution in [0.4, 0.5) is 4.79 Å². The summed E-state index contributed by atoms with van der Waals surface area (Å²) in [4.78, 5) is 35.6. The number of ketones is 1. The van der Waals surface area contributed by atoms with Crippen molar-refractivity contribution in [3.8, 4) is 0 Å². The van der Waals surface area contributed by atoms with Gasteiger partial charge in [-0.05, 0) is 0 Å². The van der Waals surface area contributed by atoms with Gasteiger partial charge in [0.2, 0.25) is 5.78 Å². The Morgan fingerprint density at radius 1 is 1.00 bits per heavy atom. The lowest BCUT2D eigenvalue weighted by molar-refractivity contribution is -0.144. The molecule has 1 fully saturated rings. The molecular weight excluding hydrogens is 186 g/mol. The van der Waals surface area contributed by atoms with Gasteiger partial charge in [-0.2, -0.15) is 0 Å². The van der Waals surface area contributed by atoms with Crippen molar-refractivity contribution in [2.75, 3.05) is 26.2 Å². The van der Waals surface area contributed by atoms with E-state index in [0.717, 1.165) is 0 Å². The molecule has 0 aliphatic carbocycles. The lowest BCUT2D eigenvalue weighted by Gasteiger charge is -2.33. The summed E-state index contributed by atoms with van der Waals surface area (Å²) in [7, 11) is 0. The molecule has 0 radical (unpaired) electrons. The van der Waals surface area contributed by atoms with Gasteiger partial charge in [-0.1, -0.05) is 0 Å². The van der Waals surface area contributed by atoms with Crippen molar-refractivity contribution in [1.82, 2.24) is 9.80 Å². The van der Waals surface area contributed by atoms with Gasteiger partial charge in [0.1, 0.15) is 0 Å². The molecule has 6 heteroatoms. The van der Waals surface area contributed by atoms with Crippen LogP contribution in [0.5, 0.6) is 0 Å². The van der Waals surface area contributed by atoms with E-state index < -0.39 is 17.7 Å². The molecule has 0 atom stereocenters. The highest BCUT2D eigenvalue weighted by atomic mass is 16.2. The largest absolute Gasteiger partial charge is 0.351 e. The van der Waals surface area contributed by atoms with Gasteiger partial charge in [0, 0.05) is 33.1 Å². The van der Waals surface area contributed by atoms with E-state index in [1.165, 1.54) is 16.7 Å². The third-order valence-electron chi connectivity index (χ3n) is 2.18. The van der Waals surface area contributed by atoms with Gasteiger partial charge in [-0.25, -0.2) is 4.79 Å². The molecule has 1 heterocycles. The zero-order chi connectivity index (χ0) is 10.7. The van der Waals surface area contributed by atoms with E-state index in [0.29, 0.717) is 26.2 Å². The molecule has 0 aromatic rings. The molecule has 1 aliphatic heterocycles. The molecule has 0 aromatic heterocycles. The van der Waals surface area contributed by atoms with Crippen molar-refractivity contribution in [2.45, 2.75) is 6.92 Å². The highest BCUT2D eigenvalue weighted by Gasteiger charge is 2.24. The number of primary amides is 1. The lowest BCUT2D eigenvalue weighted by Crippen LogP contribution is -2.53. The zero-order valence-electron chi connectivity index (χ0n) is 8.02. The molecule has 0 aromatic carbocycles. The number of hydrogen-bond donors (Lipinski definition) is 1. The van der Waals surface area contributed by atoms with Crippen LogP contribution in [-0.2, 0) is 9.59 Å². The van der Waals surface area contributed by atoms with Gasteiger partial charge in [-0.15, -0.1) is 0 Å². The number of Topliss-reactive ketones (excluding diaryl/α,β-unsaturated/α-hetero) is 1. The third kappa shape index (κ3) is 2.21. The predicted molar refractivity (Wildman–Crippen MR) is 48.4 cm³/mol. The van der Waals surface area contributed by atoms with Crippen molar-refractivity contribution in [3.63, 3.8) is 0 Å². The van der Waals surface area contributed by atoms with Crippen molar-refractivity contribution in [3.05, 3.63) is 0 Å². The average molecular weight is 199 g/mol. The summed E-state index contributed by atoms with van der Waals surface area (Å²) in [5.41, 5.74) is 5.07. The van der Waals surface area contributed by atoms with Gasteiger partial charge >= 0.3 is 6.03 Å². The highest BCUT2D eigenvalue weighted by Crippen LogP contribution is 2.01. The zero-order valence-corrected chi connectivity index (χ0v) is 8.02. The number of nitrogens with zero attached hydrogens (tertiary/aromatic N) is 2. The Labute approximate surface area is 81.6 Å². The molecule has 0 unspecified atom stereocenters. The van der Waals surface area contributed by atoms with E-state index in [1.54, 1.807) is 0 Å². The minimum absolute atomic E-state index is 0.376. The quantitative estimate of drug-likeness (QED) is 0.538. The van der Waals surface area contributed by atoms with Gasteiger partial charge in [-0.3, -0.25) is 9.59 Å². The lowest BCUT2D eigenvalue weighted by atomic mass is 10.3. The Balaban J connectivity index is 2.47. The Kier molecular flexibility index (Phi) is 3.06. The number of carbonyl (C=O) groups excluding carboxylic acids is 3. The van der Waals surface area contributed by atoms with Crippen molar-refractivity contribution in [1.29, 1.82) is 0 Å². The van der Waals surface area contributed by atoms with Crippen LogP contribution < -0.4 is 5.73 Å². The molecule has 0 spiro atoms. The first-order chi connectivity index (χ1) is 6.52. The molecular formula is C8H13N3O3. The molecule has 3 amide bonds. The Hall–Kier alpha value is -1.59. The summed E-state index contributed by atoms with van der Waals surface area (Å²) in [5, 5.41) is 0. The molecule has 1 aliphatic rings. The number of urea groups is 1. The topological polar surface area (TPSA) is 83.7 Å². The van der Waals surface area contributed by atoms with E-state index in [2.05, 4.69) is 0 Å². The van der Waals surface area contributed by atoms with Crippen LogP contribution in [-0.4, -0.2) is 53.7 Å². The summed E-state index contributed by atoms with van der Waals surface area (Å²) < 4.78 is 0. The van der Waals surface area contributed by atoms with Crippen LogP contribution in [0.3, 0.4) is 0 Å².